The molecule has 1 saturated carbocycles. The summed E-state index contributed by atoms with van der Waals surface area (Å²) in [5, 5.41) is 6.05. The first-order valence-corrected chi connectivity index (χ1v) is 8.01. The van der Waals surface area contributed by atoms with Crippen molar-refractivity contribution in [2.75, 3.05) is 7.11 Å². The van der Waals surface area contributed by atoms with Crippen LogP contribution in [0.5, 0.6) is 5.75 Å². The molecule has 0 aliphatic heterocycles. The van der Waals surface area contributed by atoms with Crippen LogP contribution in [0.3, 0.4) is 0 Å². The van der Waals surface area contributed by atoms with E-state index in [2.05, 4.69) is 34.9 Å². The van der Waals surface area contributed by atoms with Crippen molar-refractivity contribution in [2.24, 2.45) is 5.92 Å². The largest absolute Gasteiger partial charge is 0.497 e. The van der Waals surface area contributed by atoms with Gasteiger partial charge in [0.25, 0.3) is 0 Å². The lowest BCUT2D eigenvalue weighted by atomic mass is 10.1. The predicted molar refractivity (Wildman–Crippen MR) is 88.5 cm³/mol. The molecule has 118 valence electrons. The summed E-state index contributed by atoms with van der Waals surface area (Å²) in [5.41, 5.74) is 3.92. The van der Waals surface area contributed by atoms with Gasteiger partial charge in [0.15, 0.2) is 0 Å². The topological polar surface area (TPSA) is 50.4 Å². The SMILES string of the molecule is COc1ccc(CNC(=O)N[C@@H]2[C@@H]3Cc4ccccc4[C@H]32)cc1. The van der Waals surface area contributed by atoms with E-state index in [-0.39, 0.29) is 6.03 Å². The molecule has 0 spiro atoms. The van der Waals surface area contributed by atoms with Crippen molar-refractivity contribution in [1.29, 1.82) is 0 Å². The van der Waals surface area contributed by atoms with Crippen LogP contribution in [0.1, 0.15) is 22.6 Å². The van der Waals surface area contributed by atoms with E-state index in [1.54, 1.807) is 7.11 Å². The fourth-order valence-electron chi connectivity index (χ4n) is 3.68. The molecular weight excluding hydrogens is 288 g/mol. The Morgan fingerprint density at radius 3 is 2.74 bits per heavy atom. The summed E-state index contributed by atoms with van der Waals surface area (Å²) in [7, 11) is 1.64. The van der Waals surface area contributed by atoms with Crippen LogP contribution in [0.2, 0.25) is 0 Å². The van der Waals surface area contributed by atoms with Gasteiger partial charge in [-0.1, -0.05) is 36.4 Å². The van der Waals surface area contributed by atoms with Gasteiger partial charge >= 0.3 is 6.03 Å². The van der Waals surface area contributed by atoms with Crippen LogP contribution in [0.4, 0.5) is 4.79 Å². The van der Waals surface area contributed by atoms with Gasteiger partial charge in [0.2, 0.25) is 0 Å². The fourth-order valence-corrected chi connectivity index (χ4v) is 3.68. The first-order valence-electron chi connectivity index (χ1n) is 8.01. The molecule has 4 heteroatoms. The number of nitrogens with one attached hydrogen (secondary N) is 2. The van der Waals surface area contributed by atoms with E-state index in [1.165, 1.54) is 11.1 Å². The Morgan fingerprint density at radius 2 is 1.96 bits per heavy atom. The van der Waals surface area contributed by atoms with Gasteiger partial charge in [-0.05, 0) is 41.2 Å². The molecule has 4 nitrogen and oxygen atoms in total. The van der Waals surface area contributed by atoms with Gasteiger partial charge in [0, 0.05) is 18.5 Å². The van der Waals surface area contributed by atoms with Crippen LogP contribution >= 0.6 is 0 Å². The Balaban J connectivity index is 1.29. The maximum atomic E-state index is 12.1. The van der Waals surface area contributed by atoms with Crippen molar-refractivity contribution in [2.45, 2.75) is 24.9 Å². The molecule has 1 fully saturated rings. The average Bonchev–Trinajstić information content (AvgIpc) is 3.10. The first-order chi connectivity index (χ1) is 11.3. The van der Waals surface area contributed by atoms with E-state index in [1.807, 2.05) is 24.3 Å². The van der Waals surface area contributed by atoms with Gasteiger partial charge in [-0.3, -0.25) is 0 Å². The number of fused-ring (bicyclic) bond motifs is 3. The molecule has 4 rings (SSSR count). The van der Waals surface area contributed by atoms with Crippen LogP contribution < -0.4 is 15.4 Å². The summed E-state index contributed by atoms with van der Waals surface area (Å²) in [5.74, 6) is 1.92. The van der Waals surface area contributed by atoms with Gasteiger partial charge in [-0.25, -0.2) is 4.79 Å². The van der Waals surface area contributed by atoms with Crippen molar-refractivity contribution in [3.05, 3.63) is 65.2 Å². The van der Waals surface area contributed by atoms with E-state index in [0.717, 1.165) is 17.7 Å². The van der Waals surface area contributed by atoms with E-state index < -0.39 is 0 Å². The molecule has 2 N–H and O–H groups in total. The van der Waals surface area contributed by atoms with E-state index >= 15 is 0 Å². The van der Waals surface area contributed by atoms with E-state index in [0.29, 0.717) is 24.4 Å². The number of rotatable bonds is 4. The number of methoxy groups -OCH3 is 1. The van der Waals surface area contributed by atoms with Gasteiger partial charge in [0.1, 0.15) is 5.75 Å². The second-order valence-electron chi connectivity index (χ2n) is 6.29. The molecule has 3 atom stereocenters. The maximum absolute atomic E-state index is 12.1. The first kappa shape index (κ1) is 14.1. The highest BCUT2D eigenvalue weighted by Crippen LogP contribution is 2.56. The average molecular weight is 308 g/mol. The fraction of sp³-hybridized carbons (Fsp3) is 0.316. The van der Waals surface area contributed by atoms with Crippen molar-refractivity contribution in [3.8, 4) is 5.75 Å². The standard InChI is InChI=1S/C19H20N2O2/c1-23-14-8-6-12(7-9-14)11-20-19(22)21-18-16-10-13-4-2-3-5-15(13)17(16)18/h2-9,16-18H,10-11H2,1H3,(H2,20,21,22)/t16-,17-,18-/m1/s1. The van der Waals surface area contributed by atoms with E-state index in [9.17, 15) is 4.79 Å². The monoisotopic (exact) mass is 308 g/mol. The molecule has 0 radical (unpaired) electrons. The quantitative estimate of drug-likeness (QED) is 0.912. The predicted octanol–water partition coefficient (Wildman–Crippen LogP) is 2.83. The number of benzene rings is 2. The van der Waals surface area contributed by atoms with Crippen molar-refractivity contribution in [1.82, 2.24) is 10.6 Å². The number of carbonyl (C=O) groups is 1. The minimum atomic E-state index is -0.0855. The third-order valence-electron chi connectivity index (χ3n) is 4.95. The number of hydrogen-bond acceptors (Lipinski definition) is 2. The zero-order valence-electron chi connectivity index (χ0n) is 13.1. The summed E-state index contributed by atoms with van der Waals surface area (Å²) in [6, 6.07) is 16.5. The Labute approximate surface area is 135 Å². The summed E-state index contributed by atoms with van der Waals surface area (Å²) >= 11 is 0. The van der Waals surface area contributed by atoms with Crippen molar-refractivity contribution in [3.63, 3.8) is 0 Å². The smallest absolute Gasteiger partial charge is 0.315 e. The zero-order chi connectivity index (χ0) is 15.8. The molecule has 0 saturated heterocycles. The normalized spacial score (nSPS) is 23.6. The van der Waals surface area contributed by atoms with Crippen LogP contribution in [0.15, 0.2) is 48.5 Å². The van der Waals surface area contributed by atoms with Gasteiger partial charge in [0.05, 0.1) is 7.11 Å². The van der Waals surface area contributed by atoms with Crippen LogP contribution in [-0.4, -0.2) is 19.2 Å². The minimum Gasteiger partial charge on any atom is -0.497 e. The lowest BCUT2D eigenvalue weighted by Gasteiger charge is -2.11. The number of urea groups is 1. The van der Waals surface area contributed by atoms with E-state index in [4.69, 9.17) is 4.74 Å². The number of ether oxygens (including phenoxy) is 1. The number of amides is 2. The molecule has 0 aromatic heterocycles. The number of hydrogen-bond donors (Lipinski definition) is 2. The summed E-state index contributed by atoms with van der Waals surface area (Å²) in [6.45, 7) is 0.522. The summed E-state index contributed by atoms with van der Waals surface area (Å²) in [6.07, 6.45) is 1.09. The minimum absolute atomic E-state index is 0.0855. The Kier molecular flexibility index (Phi) is 3.45. The Hall–Kier alpha value is -2.49. The second kappa shape index (κ2) is 5.61. The zero-order valence-corrected chi connectivity index (χ0v) is 13.1. The Morgan fingerprint density at radius 1 is 1.17 bits per heavy atom. The highest BCUT2D eigenvalue weighted by Gasteiger charge is 2.56. The van der Waals surface area contributed by atoms with Crippen LogP contribution in [0.25, 0.3) is 0 Å². The van der Waals surface area contributed by atoms with Crippen LogP contribution in [0, 0.1) is 5.92 Å². The summed E-state index contributed by atoms with van der Waals surface area (Å²) < 4.78 is 5.13. The van der Waals surface area contributed by atoms with Crippen molar-refractivity contribution >= 4 is 6.03 Å². The molecule has 2 aliphatic carbocycles. The van der Waals surface area contributed by atoms with Gasteiger partial charge in [-0.15, -0.1) is 0 Å². The molecule has 2 aromatic carbocycles. The summed E-state index contributed by atoms with van der Waals surface area (Å²) in [4.78, 5) is 12.1. The molecule has 2 amide bonds. The molecule has 2 aromatic rings. The van der Waals surface area contributed by atoms with Crippen LogP contribution in [-0.2, 0) is 13.0 Å². The third kappa shape index (κ3) is 2.65. The van der Waals surface area contributed by atoms with Gasteiger partial charge < -0.3 is 15.4 Å². The molecule has 2 aliphatic rings. The third-order valence-corrected chi connectivity index (χ3v) is 4.95. The molecule has 23 heavy (non-hydrogen) atoms. The molecular formula is C19H20N2O2. The highest BCUT2D eigenvalue weighted by atomic mass is 16.5. The number of carbonyl (C=O) groups excluding carboxylic acids is 1. The molecule has 0 heterocycles. The molecule has 0 unspecified atom stereocenters. The highest BCUT2D eigenvalue weighted by molar-refractivity contribution is 5.75. The molecule has 0 bridgehead atoms. The van der Waals surface area contributed by atoms with Crippen molar-refractivity contribution < 1.29 is 9.53 Å². The second-order valence-corrected chi connectivity index (χ2v) is 6.29. The lowest BCUT2D eigenvalue weighted by Crippen LogP contribution is -2.38. The Bertz CT molecular complexity index is 726. The maximum Gasteiger partial charge on any atom is 0.315 e. The van der Waals surface area contributed by atoms with Gasteiger partial charge in [-0.2, -0.15) is 0 Å². The lowest BCUT2D eigenvalue weighted by molar-refractivity contribution is 0.239.